The van der Waals surface area contributed by atoms with Gasteiger partial charge in [0.1, 0.15) is 0 Å². The Hall–Kier alpha value is -1.34. The first-order chi connectivity index (χ1) is 8.11. The first-order valence-electron chi connectivity index (χ1n) is 5.62. The monoisotopic (exact) mass is 246 g/mol. The van der Waals surface area contributed by atoms with E-state index in [1.165, 1.54) is 0 Å². The summed E-state index contributed by atoms with van der Waals surface area (Å²) in [6.07, 6.45) is -0.626. The summed E-state index contributed by atoms with van der Waals surface area (Å²) in [5.41, 5.74) is 0. The van der Waals surface area contributed by atoms with Crippen LogP contribution in [0.3, 0.4) is 0 Å². The molecule has 1 atom stereocenters. The van der Waals surface area contributed by atoms with Crippen LogP contribution in [-0.2, 0) is 9.53 Å². The Bertz CT molecular complexity index is 263. The molecule has 1 saturated heterocycles. The molecule has 0 saturated carbocycles. The number of aliphatic hydroxyl groups is 1. The first kappa shape index (κ1) is 13.7. The van der Waals surface area contributed by atoms with Crippen LogP contribution in [0.2, 0.25) is 0 Å². The number of carbonyl (C=O) groups is 2. The van der Waals surface area contributed by atoms with E-state index in [4.69, 9.17) is 14.9 Å². The number of aliphatic hydroxyl groups excluding tert-OH is 1. The maximum Gasteiger partial charge on any atom is 0.332 e. The molecule has 7 nitrogen and oxygen atoms in total. The van der Waals surface area contributed by atoms with Gasteiger partial charge in [-0.25, -0.2) is 9.59 Å². The number of hydrogen-bond acceptors (Lipinski definition) is 4. The van der Waals surface area contributed by atoms with Crippen LogP contribution in [0.25, 0.3) is 0 Å². The summed E-state index contributed by atoms with van der Waals surface area (Å²) in [7, 11) is 0. The minimum absolute atomic E-state index is 0.00537. The van der Waals surface area contributed by atoms with E-state index in [1.54, 1.807) is 4.90 Å². The van der Waals surface area contributed by atoms with E-state index in [0.717, 1.165) is 6.42 Å². The van der Waals surface area contributed by atoms with E-state index in [9.17, 15) is 9.59 Å². The number of carboxylic acids is 1. The van der Waals surface area contributed by atoms with Crippen LogP contribution in [0.1, 0.15) is 12.8 Å². The van der Waals surface area contributed by atoms with Crippen LogP contribution >= 0.6 is 0 Å². The number of rotatable bonds is 4. The summed E-state index contributed by atoms with van der Waals surface area (Å²) in [5.74, 6) is -1.28. The third-order valence-corrected chi connectivity index (χ3v) is 2.49. The van der Waals surface area contributed by atoms with Crippen molar-refractivity contribution in [1.29, 1.82) is 0 Å². The Morgan fingerprint density at radius 2 is 2.12 bits per heavy atom. The Labute approximate surface area is 99.4 Å². The van der Waals surface area contributed by atoms with Gasteiger partial charge in [-0.2, -0.15) is 0 Å². The molecule has 3 N–H and O–H groups in total. The van der Waals surface area contributed by atoms with Crippen molar-refractivity contribution in [1.82, 2.24) is 10.2 Å². The van der Waals surface area contributed by atoms with Gasteiger partial charge in [0.2, 0.25) is 0 Å². The second-order valence-corrected chi connectivity index (χ2v) is 3.83. The average Bonchev–Trinajstić information content (AvgIpc) is 2.57. The van der Waals surface area contributed by atoms with Gasteiger partial charge in [0.25, 0.3) is 0 Å². The summed E-state index contributed by atoms with van der Waals surface area (Å²) in [6.45, 7) is 2.48. The van der Waals surface area contributed by atoms with Crippen LogP contribution in [0.5, 0.6) is 0 Å². The Morgan fingerprint density at radius 3 is 2.82 bits per heavy atom. The van der Waals surface area contributed by atoms with Crippen molar-refractivity contribution in [3.8, 4) is 0 Å². The molecule has 17 heavy (non-hydrogen) atoms. The zero-order chi connectivity index (χ0) is 12.7. The Kier molecular flexibility index (Phi) is 5.71. The molecule has 7 heteroatoms. The molecule has 0 aromatic carbocycles. The fourth-order valence-corrected chi connectivity index (χ4v) is 1.50. The van der Waals surface area contributed by atoms with Gasteiger partial charge in [0, 0.05) is 32.7 Å². The third-order valence-electron chi connectivity index (χ3n) is 2.49. The van der Waals surface area contributed by atoms with E-state index < -0.39 is 12.1 Å². The second kappa shape index (κ2) is 7.08. The summed E-state index contributed by atoms with van der Waals surface area (Å²) >= 11 is 0. The fraction of sp³-hybridized carbons (Fsp3) is 0.800. The summed E-state index contributed by atoms with van der Waals surface area (Å²) in [4.78, 5) is 23.6. The average molecular weight is 246 g/mol. The number of aliphatic carboxylic acids is 1. The number of nitrogens with one attached hydrogen (secondary N) is 1. The highest BCUT2D eigenvalue weighted by Gasteiger charge is 2.17. The number of hydrogen-bond donors (Lipinski definition) is 3. The van der Waals surface area contributed by atoms with Gasteiger partial charge in [-0.3, -0.25) is 0 Å². The van der Waals surface area contributed by atoms with Crippen molar-refractivity contribution >= 4 is 12.0 Å². The van der Waals surface area contributed by atoms with Crippen molar-refractivity contribution in [3.63, 3.8) is 0 Å². The Morgan fingerprint density at radius 1 is 1.35 bits per heavy atom. The van der Waals surface area contributed by atoms with E-state index in [-0.39, 0.29) is 19.0 Å². The molecule has 0 spiro atoms. The number of carbonyl (C=O) groups excluding carboxylic acids is 1. The highest BCUT2D eigenvalue weighted by atomic mass is 16.5. The standard InChI is InChI=1S/C10H18N2O5/c13-8(9(14)15)2-3-11-10(16)12-4-1-6-17-7-5-12/h8,13H,1-7H2,(H,11,16)(H,14,15)/t8-/m0/s1. The largest absolute Gasteiger partial charge is 0.479 e. The van der Waals surface area contributed by atoms with Crippen molar-refractivity contribution in [2.75, 3.05) is 32.8 Å². The summed E-state index contributed by atoms with van der Waals surface area (Å²) in [6, 6.07) is -0.243. The van der Waals surface area contributed by atoms with Crippen molar-refractivity contribution < 1.29 is 24.5 Å². The molecule has 0 unspecified atom stereocenters. The highest BCUT2D eigenvalue weighted by Crippen LogP contribution is 1.99. The first-order valence-corrected chi connectivity index (χ1v) is 5.62. The summed E-state index contributed by atoms with van der Waals surface area (Å²) < 4.78 is 5.21. The van der Waals surface area contributed by atoms with Crippen LogP contribution in [0.15, 0.2) is 0 Å². The minimum Gasteiger partial charge on any atom is -0.479 e. The zero-order valence-electron chi connectivity index (χ0n) is 9.59. The molecule has 0 aromatic heterocycles. The minimum atomic E-state index is -1.43. The predicted octanol–water partition coefficient (Wildman–Crippen LogP) is -0.746. The normalized spacial score (nSPS) is 18.3. The van der Waals surface area contributed by atoms with E-state index in [0.29, 0.717) is 26.3 Å². The van der Waals surface area contributed by atoms with Crippen molar-refractivity contribution in [2.24, 2.45) is 0 Å². The molecule has 0 radical (unpaired) electrons. The molecule has 1 aliphatic rings. The SMILES string of the molecule is O=C(O)[C@@H](O)CCNC(=O)N1CCCOCC1. The molecule has 0 bridgehead atoms. The molecule has 2 amide bonds. The van der Waals surface area contributed by atoms with E-state index in [1.807, 2.05) is 0 Å². The quantitative estimate of drug-likeness (QED) is 0.606. The zero-order valence-corrected chi connectivity index (χ0v) is 9.59. The molecule has 98 valence electrons. The molecule has 1 rings (SSSR count). The highest BCUT2D eigenvalue weighted by molar-refractivity contribution is 5.74. The van der Waals surface area contributed by atoms with Crippen LogP contribution < -0.4 is 5.32 Å². The predicted molar refractivity (Wildman–Crippen MR) is 58.7 cm³/mol. The van der Waals surface area contributed by atoms with Crippen molar-refractivity contribution in [3.05, 3.63) is 0 Å². The van der Waals surface area contributed by atoms with Gasteiger partial charge in [0.15, 0.2) is 6.10 Å². The molecule has 1 heterocycles. The Balaban J connectivity index is 2.21. The lowest BCUT2D eigenvalue weighted by Crippen LogP contribution is -2.42. The lowest BCUT2D eigenvalue weighted by molar-refractivity contribution is -0.146. The summed E-state index contributed by atoms with van der Waals surface area (Å²) in [5, 5.41) is 20.0. The van der Waals surface area contributed by atoms with Crippen LogP contribution in [0.4, 0.5) is 4.79 Å². The molecule has 0 aromatic rings. The van der Waals surface area contributed by atoms with Gasteiger partial charge >= 0.3 is 12.0 Å². The van der Waals surface area contributed by atoms with Gasteiger partial charge in [-0.1, -0.05) is 0 Å². The second-order valence-electron chi connectivity index (χ2n) is 3.83. The van der Waals surface area contributed by atoms with Gasteiger partial charge < -0.3 is 25.2 Å². The van der Waals surface area contributed by atoms with Crippen LogP contribution in [0, 0.1) is 0 Å². The number of carboxylic acid groups (broad SMARTS) is 1. The number of nitrogens with zero attached hydrogens (tertiary/aromatic N) is 1. The van der Waals surface area contributed by atoms with Crippen LogP contribution in [-0.4, -0.2) is 66.1 Å². The number of amides is 2. The van der Waals surface area contributed by atoms with Gasteiger partial charge in [0.05, 0.1) is 6.61 Å². The maximum atomic E-state index is 11.6. The molecule has 1 aliphatic heterocycles. The molecule has 0 aliphatic carbocycles. The third kappa shape index (κ3) is 5.01. The van der Waals surface area contributed by atoms with E-state index >= 15 is 0 Å². The number of urea groups is 1. The lowest BCUT2D eigenvalue weighted by Gasteiger charge is -2.20. The van der Waals surface area contributed by atoms with Crippen molar-refractivity contribution in [2.45, 2.75) is 18.9 Å². The molecular weight excluding hydrogens is 228 g/mol. The number of ether oxygens (including phenoxy) is 1. The van der Waals surface area contributed by atoms with E-state index in [2.05, 4.69) is 5.32 Å². The topological polar surface area (TPSA) is 99.1 Å². The van der Waals surface area contributed by atoms with Gasteiger partial charge in [-0.05, 0) is 6.42 Å². The fourth-order valence-electron chi connectivity index (χ4n) is 1.50. The maximum absolute atomic E-state index is 11.6. The lowest BCUT2D eigenvalue weighted by atomic mass is 10.2. The molecular formula is C10H18N2O5. The van der Waals surface area contributed by atoms with Gasteiger partial charge in [-0.15, -0.1) is 0 Å². The molecule has 1 fully saturated rings. The smallest absolute Gasteiger partial charge is 0.332 e.